The maximum atomic E-state index is 7.00. The van der Waals surface area contributed by atoms with Crippen LogP contribution in [0.15, 0.2) is 109 Å². The molecule has 0 fully saturated rings. The van der Waals surface area contributed by atoms with Crippen molar-refractivity contribution >= 4 is 0 Å². The predicted molar refractivity (Wildman–Crippen MR) is 124 cm³/mol. The molecular formula is C28H26N2. The highest BCUT2D eigenvalue weighted by molar-refractivity contribution is 5.79. The van der Waals surface area contributed by atoms with Crippen molar-refractivity contribution in [3.05, 3.63) is 131 Å². The number of nitrogens with two attached hydrogens (primary N) is 2. The first-order valence-electron chi connectivity index (χ1n) is 10.5. The molecule has 2 unspecified atom stereocenters. The summed E-state index contributed by atoms with van der Waals surface area (Å²) in [4.78, 5) is 0. The van der Waals surface area contributed by atoms with Crippen molar-refractivity contribution in [1.82, 2.24) is 0 Å². The fourth-order valence-electron chi connectivity index (χ4n) is 5.01. The average molecular weight is 391 g/mol. The van der Waals surface area contributed by atoms with E-state index in [2.05, 4.69) is 97.1 Å². The second-order valence-electron chi connectivity index (χ2n) is 8.11. The average Bonchev–Trinajstić information content (AvgIpc) is 3.15. The Hall–Kier alpha value is -3.20. The molecule has 2 nitrogen and oxygen atoms in total. The lowest BCUT2D eigenvalue weighted by Crippen LogP contribution is -2.49. The Morgan fingerprint density at radius 3 is 1.37 bits per heavy atom. The second kappa shape index (κ2) is 7.91. The van der Waals surface area contributed by atoms with Crippen LogP contribution in [0.4, 0.5) is 0 Å². The zero-order valence-corrected chi connectivity index (χ0v) is 16.9. The normalized spacial score (nSPS) is 14.9. The van der Waals surface area contributed by atoms with Gasteiger partial charge in [0.15, 0.2) is 0 Å². The lowest BCUT2D eigenvalue weighted by atomic mass is 9.76. The molecule has 0 aliphatic heterocycles. The molecule has 5 rings (SSSR count). The first-order valence-corrected chi connectivity index (χ1v) is 10.5. The maximum Gasteiger partial charge on any atom is 0.0313 e. The molecule has 1 aliphatic rings. The third-order valence-electron chi connectivity index (χ3n) is 6.41. The standard InChI is InChI=1S/C28H26N2/c29-27(25(19-11-3-1-4-12-19)20-13-5-2-6-14-20)28(30)26-23-17-9-7-15-21(23)22-16-8-10-18-24(22)26/h1-18,25-28H,29-30H2. The molecular weight excluding hydrogens is 364 g/mol. The van der Waals surface area contributed by atoms with Crippen molar-refractivity contribution in [2.45, 2.75) is 23.9 Å². The highest BCUT2D eigenvalue weighted by Crippen LogP contribution is 2.47. The molecule has 0 saturated carbocycles. The zero-order valence-electron chi connectivity index (χ0n) is 16.9. The van der Waals surface area contributed by atoms with Crippen LogP contribution in [0.1, 0.15) is 34.1 Å². The van der Waals surface area contributed by atoms with Crippen LogP contribution in [-0.2, 0) is 0 Å². The number of hydrogen-bond acceptors (Lipinski definition) is 2. The van der Waals surface area contributed by atoms with E-state index in [0.29, 0.717) is 0 Å². The molecule has 0 spiro atoms. The molecule has 4 aromatic rings. The fraction of sp³-hybridized carbons (Fsp3) is 0.143. The molecule has 0 heterocycles. The van der Waals surface area contributed by atoms with Gasteiger partial charge in [0, 0.05) is 23.9 Å². The second-order valence-corrected chi connectivity index (χ2v) is 8.11. The van der Waals surface area contributed by atoms with Crippen LogP contribution in [0.25, 0.3) is 11.1 Å². The van der Waals surface area contributed by atoms with Crippen LogP contribution in [0.3, 0.4) is 0 Å². The third kappa shape index (κ3) is 3.15. The van der Waals surface area contributed by atoms with Gasteiger partial charge in [0.1, 0.15) is 0 Å². The third-order valence-corrected chi connectivity index (χ3v) is 6.41. The first kappa shape index (κ1) is 18.8. The Morgan fingerprint density at radius 1 is 0.500 bits per heavy atom. The van der Waals surface area contributed by atoms with Gasteiger partial charge < -0.3 is 11.5 Å². The van der Waals surface area contributed by atoms with Crippen molar-refractivity contribution in [3.8, 4) is 11.1 Å². The van der Waals surface area contributed by atoms with Crippen molar-refractivity contribution in [2.24, 2.45) is 11.5 Å². The predicted octanol–water partition coefficient (Wildman–Crippen LogP) is 5.29. The number of rotatable bonds is 5. The summed E-state index contributed by atoms with van der Waals surface area (Å²) in [6, 6.07) is 37.7. The van der Waals surface area contributed by atoms with Gasteiger partial charge in [-0.1, -0.05) is 109 Å². The highest BCUT2D eigenvalue weighted by Gasteiger charge is 2.38. The van der Waals surface area contributed by atoms with Crippen LogP contribution >= 0.6 is 0 Å². The molecule has 0 saturated heterocycles. The van der Waals surface area contributed by atoms with E-state index in [9.17, 15) is 0 Å². The quantitative estimate of drug-likeness (QED) is 0.487. The Kier molecular flexibility index (Phi) is 4.96. The fourth-order valence-corrected chi connectivity index (χ4v) is 5.01. The first-order chi connectivity index (χ1) is 14.8. The van der Waals surface area contributed by atoms with E-state index in [1.54, 1.807) is 0 Å². The smallest absolute Gasteiger partial charge is 0.0313 e. The lowest BCUT2D eigenvalue weighted by Gasteiger charge is -2.33. The van der Waals surface area contributed by atoms with Gasteiger partial charge in [-0.3, -0.25) is 0 Å². The minimum absolute atomic E-state index is 0.0299. The van der Waals surface area contributed by atoms with Crippen molar-refractivity contribution in [1.29, 1.82) is 0 Å². The van der Waals surface area contributed by atoms with Gasteiger partial charge in [-0.25, -0.2) is 0 Å². The van der Waals surface area contributed by atoms with E-state index in [-0.39, 0.29) is 23.9 Å². The van der Waals surface area contributed by atoms with Gasteiger partial charge in [-0.15, -0.1) is 0 Å². The summed E-state index contributed by atoms with van der Waals surface area (Å²) in [5, 5.41) is 0. The van der Waals surface area contributed by atoms with Crippen molar-refractivity contribution in [3.63, 3.8) is 0 Å². The number of benzene rings is 4. The van der Waals surface area contributed by atoms with Gasteiger partial charge >= 0.3 is 0 Å². The van der Waals surface area contributed by atoms with E-state index in [1.165, 1.54) is 33.4 Å². The van der Waals surface area contributed by atoms with Crippen molar-refractivity contribution in [2.75, 3.05) is 0 Å². The Bertz CT molecular complexity index is 1050. The molecule has 0 aromatic heterocycles. The summed E-state index contributed by atoms with van der Waals surface area (Å²) in [5.74, 6) is 0.115. The minimum Gasteiger partial charge on any atom is -0.326 e. The summed E-state index contributed by atoms with van der Waals surface area (Å²) in [6.07, 6.45) is 0. The zero-order chi connectivity index (χ0) is 20.5. The van der Waals surface area contributed by atoms with Crippen molar-refractivity contribution < 1.29 is 0 Å². The molecule has 1 aliphatic carbocycles. The minimum atomic E-state index is -0.237. The van der Waals surface area contributed by atoms with Gasteiger partial charge in [-0.2, -0.15) is 0 Å². The van der Waals surface area contributed by atoms with E-state index >= 15 is 0 Å². The maximum absolute atomic E-state index is 7.00. The van der Waals surface area contributed by atoms with E-state index < -0.39 is 0 Å². The Balaban J connectivity index is 1.59. The molecule has 2 atom stereocenters. The van der Waals surface area contributed by atoms with Crippen LogP contribution in [0, 0.1) is 0 Å². The lowest BCUT2D eigenvalue weighted by molar-refractivity contribution is 0.449. The van der Waals surface area contributed by atoms with Crippen LogP contribution in [0.2, 0.25) is 0 Å². The van der Waals surface area contributed by atoms with E-state index in [0.717, 1.165) is 0 Å². The number of hydrogen-bond donors (Lipinski definition) is 2. The molecule has 0 amide bonds. The van der Waals surface area contributed by atoms with Crippen LogP contribution in [-0.4, -0.2) is 12.1 Å². The summed E-state index contributed by atoms with van der Waals surface area (Å²) < 4.78 is 0. The highest BCUT2D eigenvalue weighted by atomic mass is 14.8. The topological polar surface area (TPSA) is 52.0 Å². The summed E-state index contributed by atoms with van der Waals surface area (Å²) in [6.45, 7) is 0. The summed E-state index contributed by atoms with van der Waals surface area (Å²) >= 11 is 0. The molecule has 2 heteroatoms. The molecule has 4 N–H and O–H groups in total. The molecule has 30 heavy (non-hydrogen) atoms. The SMILES string of the molecule is NC(C(c1ccccc1)c1ccccc1)C(N)C1c2ccccc2-c2ccccc21. The summed E-state index contributed by atoms with van der Waals surface area (Å²) in [5.41, 5.74) is 21.5. The van der Waals surface area contributed by atoms with E-state index in [1.807, 2.05) is 12.1 Å². The van der Waals surface area contributed by atoms with Gasteiger partial charge in [0.05, 0.1) is 0 Å². The van der Waals surface area contributed by atoms with Crippen LogP contribution < -0.4 is 11.5 Å². The molecule has 0 radical (unpaired) electrons. The monoisotopic (exact) mass is 390 g/mol. The molecule has 4 aromatic carbocycles. The number of fused-ring (bicyclic) bond motifs is 3. The summed E-state index contributed by atoms with van der Waals surface area (Å²) in [7, 11) is 0. The van der Waals surface area contributed by atoms with Crippen LogP contribution in [0.5, 0.6) is 0 Å². The van der Waals surface area contributed by atoms with Gasteiger partial charge in [0.25, 0.3) is 0 Å². The molecule has 148 valence electrons. The Morgan fingerprint density at radius 2 is 0.900 bits per heavy atom. The molecule has 0 bridgehead atoms. The van der Waals surface area contributed by atoms with Gasteiger partial charge in [-0.05, 0) is 33.4 Å². The largest absolute Gasteiger partial charge is 0.326 e. The van der Waals surface area contributed by atoms with Gasteiger partial charge in [0.2, 0.25) is 0 Å². The van der Waals surface area contributed by atoms with E-state index in [4.69, 9.17) is 11.5 Å². The Labute approximate surface area is 178 Å².